The van der Waals surface area contributed by atoms with E-state index in [4.69, 9.17) is 4.98 Å². The van der Waals surface area contributed by atoms with Crippen LogP contribution in [0.25, 0.3) is 11.4 Å². The molecule has 1 aliphatic rings. The first-order valence-corrected chi connectivity index (χ1v) is 10.1. The minimum atomic E-state index is 0.353. The zero-order valence-electron chi connectivity index (χ0n) is 17.3. The van der Waals surface area contributed by atoms with Crippen LogP contribution in [0.4, 0.5) is 11.5 Å². The largest absolute Gasteiger partial charge is 0.352 e. The fourth-order valence-corrected chi connectivity index (χ4v) is 3.61. The van der Waals surface area contributed by atoms with Crippen molar-refractivity contribution >= 4 is 17.7 Å². The summed E-state index contributed by atoms with van der Waals surface area (Å²) in [5.41, 5.74) is 7.28. The quantitative estimate of drug-likeness (QED) is 0.484. The van der Waals surface area contributed by atoms with Gasteiger partial charge in [-0.2, -0.15) is 10.2 Å². The van der Waals surface area contributed by atoms with Crippen molar-refractivity contribution in [2.75, 3.05) is 30.0 Å². The van der Waals surface area contributed by atoms with E-state index in [-0.39, 0.29) is 0 Å². The normalized spacial score (nSPS) is 16.7. The molecule has 1 saturated heterocycles. The average molecular weight is 403 g/mol. The molecule has 8 nitrogen and oxygen atoms in total. The second-order valence-corrected chi connectivity index (χ2v) is 7.32. The highest BCUT2D eigenvalue weighted by Gasteiger charge is 2.21. The molecule has 3 heterocycles. The topological polar surface area (TPSA) is 91.2 Å². The van der Waals surface area contributed by atoms with Crippen LogP contribution in [0.5, 0.6) is 0 Å². The standard InChI is InChI=1S/C22H26N8/c1-3-25-28-20-5-4-18(12-16(20)2)22-27-21(14-26-29-22)30-11-10-24-19(15-30)13-17-6-8-23-9-7-17/h3-9,12,14,19,24,28H,10-11,13,15H2,1-2H3/b25-3+. The van der Waals surface area contributed by atoms with Gasteiger partial charge in [0.1, 0.15) is 0 Å². The molecule has 0 saturated carbocycles. The van der Waals surface area contributed by atoms with Crippen LogP contribution in [-0.4, -0.2) is 52.1 Å². The second-order valence-electron chi connectivity index (χ2n) is 7.32. The maximum atomic E-state index is 4.81. The molecule has 30 heavy (non-hydrogen) atoms. The van der Waals surface area contributed by atoms with Gasteiger partial charge in [0.2, 0.25) is 0 Å². The third-order valence-electron chi connectivity index (χ3n) is 5.16. The zero-order valence-corrected chi connectivity index (χ0v) is 17.3. The Hall–Kier alpha value is -3.39. The molecule has 4 rings (SSSR count). The Balaban J connectivity index is 1.49. The summed E-state index contributed by atoms with van der Waals surface area (Å²) in [7, 11) is 0. The SMILES string of the molecule is C/C=N/Nc1ccc(-c2nncc(N3CCNC(Cc4ccncc4)C3)n2)cc1C. The van der Waals surface area contributed by atoms with Gasteiger partial charge in [0.25, 0.3) is 0 Å². The van der Waals surface area contributed by atoms with Crippen LogP contribution in [0, 0.1) is 6.92 Å². The van der Waals surface area contributed by atoms with Gasteiger partial charge >= 0.3 is 0 Å². The lowest BCUT2D eigenvalue weighted by atomic mass is 10.1. The molecule has 0 radical (unpaired) electrons. The smallest absolute Gasteiger partial charge is 0.183 e. The molecule has 0 bridgehead atoms. The van der Waals surface area contributed by atoms with Crippen LogP contribution >= 0.6 is 0 Å². The van der Waals surface area contributed by atoms with Crippen molar-refractivity contribution in [3.63, 3.8) is 0 Å². The molecule has 154 valence electrons. The van der Waals surface area contributed by atoms with E-state index in [1.807, 2.05) is 38.4 Å². The molecule has 2 aromatic heterocycles. The Kier molecular flexibility index (Phi) is 6.24. The lowest BCUT2D eigenvalue weighted by Gasteiger charge is -2.34. The first-order chi connectivity index (χ1) is 14.7. The van der Waals surface area contributed by atoms with E-state index in [0.717, 1.165) is 48.7 Å². The molecule has 8 heteroatoms. The lowest BCUT2D eigenvalue weighted by molar-refractivity contribution is 0.452. The number of anilines is 2. The highest BCUT2D eigenvalue weighted by atomic mass is 15.3. The summed E-state index contributed by atoms with van der Waals surface area (Å²) >= 11 is 0. The van der Waals surface area contributed by atoms with Crippen molar-refractivity contribution in [1.82, 2.24) is 25.5 Å². The van der Waals surface area contributed by atoms with E-state index in [0.29, 0.717) is 11.9 Å². The number of aryl methyl sites for hydroxylation is 1. The number of pyridine rings is 1. The number of aromatic nitrogens is 4. The maximum Gasteiger partial charge on any atom is 0.183 e. The van der Waals surface area contributed by atoms with Gasteiger partial charge in [0, 0.05) is 49.8 Å². The molecule has 1 unspecified atom stereocenters. The molecule has 3 aromatic rings. The molecule has 1 aliphatic heterocycles. The van der Waals surface area contributed by atoms with Crippen molar-refractivity contribution in [3.05, 3.63) is 60.0 Å². The highest BCUT2D eigenvalue weighted by molar-refractivity contribution is 5.65. The van der Waals surface area contributed by atoms with Crippen LogP contribution in [0.2, 0.25) is 0 Å². The number of hydrogen-bond donors (Lipinski definition) is 2. The summed E-state index contributed by atoms with van der Waals surface area (Å²) in [6.07, 6.45) is 8.11. The summed E-state index contributed by atoms with van der Waals surface area (Å²) in [5.74, 6) is 1.49. The van der Waals surface area contributed by atoms with E-state index in [1.54, 1.807) is 12.4 Å². The third-order valence-corrected chi connectivity index (χ3v) is 5.16. The number of benzene rings is 1. The van der Waals surface area contributed by atoms with Crippen LogP contribution in [0.1, 0.15) is 18.1 Å². The number of nitrogens with one attached hydrogen (secondary N) is 2. The van der Waals surface area contributed by atoms with E-state index in [2.05, 4.69) is 54.1 Å². The van der Waals surface area contributed by atoms with Crippen LogP contribution in [0.3, 0.4) is 0 Å². The van der Waals surface area contributed by atoms with E-state index in [9.17, 15) is 0 Å². The Morgan fingerprint density at radius 3 is 2.93 bits per heavy atom. The fourth-order valence-electron chi connectivity index (χ4n) is 3.61. The third kappa shape index (κ3) is 4.77. The average Bonchev–Trinajstić information content (AvgIpc) is 2.79. The van der Waals surface area contributed by atoms with Crippen molar-refractivity contribution in [3.8, 4) is 11.4 Å². The molecule has 1 fully saturated rings. The molecule has 0 amide bonds. The van der Waals surface area contributed by atoms with E-state index < -0.39 is 0 Å². The minimum Gasteiger partial charge on any atom is -0.352 e. The predicted molar refractivity (Wildman–Crippen MR) is 120 cm³/mol. The van der Waals surface area contributed by atoms with Gasteiger partial charge in [-0.25, -0.2) is 4.98 Å². The summed E-state index contributed by atoms with van der Waals surface area (Å²) in [6, 6.07) is 10.5. The maximum absolute atomic E-state index is 4.81. The van der Waals surface area contributed by atoms with Gasteiger partial charge < -0.3 is 10.2 Å². The van der Waals surface area contributed by atoms with Gasteiger partial charge in [-0.3, -0.25) is 10.4 Å². The Labute approximate surface area is 176 Å². The van der Waals surface area contributed by atoms with Crippen molar-refractivity contribution in [2.45, 2.75) is 26.3 Å². The number of hydrogen-bond acceptors (Lipinski definition) is 8. The monoisotopic (exact) mass is 402 g/mol. The van der Waals surface area contributed by atoms with Gasteiger partial charge in [-0.15, -0.1) is 5.10 Å². The van der Waals surface area contributed by atoms with Crippen LogP contribution in [-0.2, 0) is 6.42 Å². The fraction of sp³-hybridized carbons (Fsp3) is 0.318. The number of hydrazone groups is 1. The van der Waals surface area contributed by atoms with Gasteiger partial charge in [0.05, 0.1) is 11.9 Å². The molecule has 1 atom stereocenters. The van der Waals surface area contributed by atoms with Gasteiger partial charge in [-0.05, 0) is 61.7 Å². The van der Waals surface area contributed by atoms with Crippen molar-refractivity contribution < 1.29 is 0 Å². The number of piperazine rings is 1. The summed E-state index contributed by atoms with van der Waals surface area (Å²) in [6.45, 7) is 6.58. The summed E-state index contributed by atoms with van der Waals surface area (Å²) in [5, 5.41) is 16.2. The van der Waals surface area contributed by atoms with E-state index >= 15 is 0 Å². The van der Waals surface area contributed by atoms with Crippen molar-refractivity contribution in [2.24, 2.45) is 5.10 Å². The molecular formula is C22H26N8. The van der Waals surface area contributed by atoms with Gasteiger partial charge in [0.15, 0.2) is 11.6 Å². The molecule has 2 N–H and O–H groups in total. The Bertz CT molecular complexity index is 1010. The molecule has 1 aromatic carbocycles. The second kappa shape index (κ2) is 9.41. The van der Waals surface area contributed by atoms with Gasteiger partial charge in [-0.1, -0.05) is 0 Å². The minimum absolute atomic E-state index is 0.353. The molecular weight excluding hydrogens is 376 g/mol. The lowest BCUT2D eigenvalue weighted by Crippen LogP contribution is -2.52. The zero-order chi connectivity index (χ0) is 20.8. The summed E-state index contributed by atoms with van der Waals surface area (Å²) in [4.78, 5) is 11.2. The summed E-state index contributed by atoms with van der Waals surface area (Å²) < 4.78 is 0. The molecule has 0 spiro atoms. The highest BCUT2D eigenvalue weighted by Crippen LogP contribution is 2.24. The predicted octanol–water partition coefficient (Wildman–Crippen LogP) is 2.68. The van der Waals surface area contributed by atoms with Crippen molar-refractivity contribution in [1.29, 1.82) is 0 Å². The first-order valence-electron chi connectivity index (χ1n) is 10.1. The number of nitrogens with zero attached hydrogens (tertiary/aromatic N) is 6. The number of rotatable bonds is 6. The first kappa shape index (κ1) is 19.9. The van der Waals surface area contributed by atoms with Crippen LogP contribution < -0.4 is 15.6 Å². The van der Waals surface area contributed by atoms with Crippen LogP contribution in [0.15, 0.2) is 54.0 Å². The molecule has 0 aliphatic carbocycles. The Morgan fingerprint density at radius 2 is 2.13 bits per heavy atom. The van der Waals surface area contributed by atoms with E-state index in [1.165, 1.54) is 5.56 Å². The Morgan fingerprint density at radius 1 is 1.27 bits per heavy atom.